The van der Waals surface area contributed by atoms with Gasteiger partial charge in [0.1, 0.15) is 11.5 Å². The molecule has 7 nitrogen and oxygen atoms in total. The van der Waals surface area contributed by atoms with Crippen molar-refractivity contribution in [1.29, 1.82) is 0 Å². The Labute approximate surface area is 169 Å². The number of ketones is 2. The van der Waals surface area contributed by atoms with Crippen molar-refractivity contribution in [1.82, 2.24) is 4.90 Å². The Morgan fingerprint density at radius 1 is 1.07 bits per heavy atom. The molecule has 2 N–H and O–H groups in total. The fraction of sp³-hybridized carbons (Fsp3) is 0.318. The van der Waals surface area contributed by atoms with Gasteiger partial charge in [-0.25, -0.2) is 0 Å². The number of phenols is 1. The van der Waals surface area contributed by atoms with E-state index < -0.39 is 11.6 Å². The number of rotatable bonds is 7. The minimum Gasteiger partial charge on any atom is -0.507 e. The van der Waals surface area contributed by atoms with Crippen LogP contribution in [-0.2, 0) is 4.79 Å². The van der Waals surface area contributed by atoms with Crippen molar-refractivity contribution < 1.29 is 24.2 Å². The van der Waals surface area contributed by atoms with Crippen LogP contribution in [0.1, 0.15) is 52.1 Å². The van der Waals surface area contributed by atoms with Crippen LogP contribution in [-0.4, -0.2) is 54.2 Å². The van der Waals surface area contributed by atoms with E-state index in [0.29, 0.717) is 6.54 Å². The fourth-order valence-electron chi connectivity index (χ4n) is 3.54. The third kappa shape index (κ3) is 3.73. The van der Waals surface area contributed by atoms with Crippen LogP contribution in [0.25, 0.3) is 0 Å². The van der Waals surface area contributed by atoms with E-state index >= 15 is 0 Å². The highest BCUT2D eigenvalue weighted by Gasteiger charge is 2.36. The van der Waals surface area contributed by atoms with Crippen molar-refractivity contribution in [2.45, 2.75) is 20.3 Å². The Bertz CT molecular complexity index is 979. The molecule has 0 fully saturated rings. The monoisotopic (exact) mass is 396 g/mol. The number of nitrogens with zero attached hydrogens (tertiary/aromatic N) is 1. The lowest BCUT2D eigenvalue weighted by atomic mass is 9.82. The second kappa shape index (κ2) is 8.45. The first-order valence-electron chi connectivity index (χ1n) is 9.57. The van der Waals surface area contributed by atoms with Crippen molar-refractivity contribution >= 4 is 23.2 Å². The first-order chi connectivity index (χ1) is 13.9. The van der Waals surface area contributed by atoms with E-state index in [1.807, 2.05) is 13.8 Å². The number of anilines is 1. The van der Waals surface area contributed by atoms with E-state index in [1.54, 1.807) is 24.3 Å². The zero-order valence-electron chi connectivity index (χ0n) is 16.7. The molecule has 0 spiro atoms. The minimum atomic E-state index is -0.464. The lowest BCUT2D eigenvalue weighted by Gasteiger charge is -2.23. The molecule has 0 saturated heterocycles. The molecule has 29 heavy (non-hydrogen) atoms. The summed E-state index contributed by atoms with van der Waals surface area (Å²) in [7, 11) is 1.37. The molecule has 1 aliphatic rings. The van der Waals surface area contributed by atoms with Gasteiger partial charge in [-0.15, -0.1) is 0 Å². The van der Waals surface area contributed by atoms with Crippen LogP contribution in [0.4, 0.5) is 5.69 Å². The van der Waals surface area contributed by atoms with Gasteiger partial charge < -0.3 is 20.1 Å². The molecule has 0 aromatic heterocycles. The molecule has 0 radical (unpaired) electrons. The summed E-state index contributed by atoms with van der Waals surface area (Å²) in [5.41, 5.74) is 0.411. The van der Waals surface area contributed by atoms with Crippen molar-refractivity contribution in [3.63, 3.8) is 0 Å². The number of carbonyl (C=O) groups excluding carboxylic acids is 3. The standard InChI is InChI=1S/C22H24N2O5/c1-4-24(5-2)11-10-17(26)23-20-16(29-3)12-15(25)18-19(20)22(28)14-9-7-6-8-13(14)21(18)27/h6-9,12,25H,4-5,10-11H2,1-3H3,(H,23,26). The largest absolute Gasteiger partial charge is 0.507 e. The lowest BCUT2D eigenvalue weighted by molar-refractivity contribution is -0.116. The first-order valence-corrected chi connectivity index (χ1v) is 9.57. The molecule has 3 rings (SSSR count). The highest BCUT2D eigenvalue weighted by Crippen LogP contribution is 2.42. The van der Waals surface area contributed by atoms with Gasteiger partial charge in [0.25, 0.3) is 0 Å². The molecule has 0 atom stereocenters. The van der Waals surface area contributed by atoms with Crippen molar-refractivity contribution in [2.75, 3.05) is 32.1 Å². The van der Waals surface area contributed by atoms with E-state index in [1.165, 1.54) is 13.2 Å². The number of carbonyl (C=O) groups is 3. The summed E-state index contributed by atoms with van der Waals surface area (Å²) in [5.74, 6) is -1.44. The Morgan fingerprint density at radius 2 is 1.66 bits per heavy atom. The molecule has 1 amide bonds. The maximum atomic E-state index is 13.2. The Kier molecular flexibility index (Phi) is 5.98. The van der Waals surface area contributed by atoms with Gasteiger partial charge in [0, 0.05) is 30.2 Å². The molecule has 152 valence electrons. The summed E-state index contributed by atoms with van der Waals surface area (Å²) in [6.07, 6.45) is 0.221. The van der Waals surface area contributed by atoms with E-state index in [2.05, 4.69) is 10.2 Å². The van der Waals surface area contributed by atoms with Crippen molar-refractivity contribution in [3.05, 3.63) is 52.6 Å². The molecular weight excluding hydrogens is 372 g/mol. The third-order valence-corrected chi connectivity index (χ3v) is 5.17. The molecular formula is C22H24N2O5. The zero-order valence-corrected chi connectivity index (χ0v) is 16.7. The van der Waals surface area contributed by atoms with Crippen LogP contribution in [0.3, 0.4) is 0 Å². The van der Waals surface area contributed by atoms with Crippen LogP contribution in [0.5, 0.6) is 11.5 Å². The molecule has 0 aliphatic heterocycles. The summed E-state index contributed by atoms with van der Waals surface area (Å²) in [4.78, 5) is 40.8. The molecule has 1 aliphatic carbocycles. The summed E-state index contributed by atoms with van der Waals surface area (Å²) < 4.78 is 5.28. The maximum Gasteiger partial charge on any atom is 0.225 e. The van der Waals surface area contributed by atoms with Gasteiger partial charge in [0.05, 0.1) is 23.9 Å². The predicted octanol–water partition coefficient (Wildman–Crippen LogP) is 2.85. The maximum absolute atomic E-state index is 13.2. The van der Waals surface area contributed by atoms with Crippen molar-refractivity contribution in [3.8, 4) is 11.5 Å². The number of amides is 1. The smallest absolute Gasteiger partial charge is 0.225 e. The highest BCUT2D eigenvalue weighted by atomic mass is 16.5. The normalized spacial score (nSPS) is 12.6. The van der Waals surface area contributed by atoms with E-state index in [-0.39, 0.29) is 51.8 Å². The topological polar surface area (TPSA) is 95.9 Å². The fourth-order valence-corrected chi connectivity index (χ4v) is 3.54. The van der Waals surface area contributed by atoms with Gasteiger partial charge in [-0.05, 0) is 13.1 Å². The minimum absolute atomic E-state index is 0.0401. The summed E-state index contributed by atoms with van der Waals surface area (Å²) >= 11 is 0. The number of benzene rings is 2. The molecule has 2 aromatic rings. The van der Waals surface area contributed by atoms with Crippen LogP contribution >= 0.6 is 0 Å². The van der Waals surface area contributed by atoms with Crippen LogP contribution in [0, 0.1) is 0 Å². The summed E-state index contributed by atoms with van der Waals surface area (Å²) in [5, 5.41) is 13.1. The van der Waals surface area contributed by atoms with E-state index in [4.69, 9.17) is 4.74 Å². The Morgan fingerprint density at radius 3 is 2.21 bits per heavy atom. The van der Waals surface area contributed by atoms with Gasteiger partial charge in [-0.1, -0.05) is 38.1 Å². The van der Waals surface area contributed by atoms with Gasteiger partial charge in [-0.3, -0.25) is 14.4 Å². The van der Waals surface area contributed by atoms with Gasteiger partial charge >= 0.3 is 0 Å². The Hall–Kier alpha value is -3.19. The molecule has 7 heteroatoms. The van der Waals surface area contributed by atoms with Crippen LogP contribution in [0.15, 0.2) is 30.3 Å². The number of ether oxygens (including phenoxy) is 1. The van der Waals surface area contributed by atoms with Gasteiger partial charge in [0.2, 0.25) is 5.91 Å². The number of methoxy groups -OCH3 is 1. The zero-order chi connectivity index (χ0) is 21.1. The quantitative estimate of drug-likeness (QED) is 0.596. The summed E-state index contributed by atoms with van der Waals surface area (Å²) in [6.45, 7) is 6.25. The van der Waals surface area contributed by atoms with Gasteiger partial charge in [-0.2, -0.15) is 0 Å². The average molecular weight is 396 g/mol. The number of nitrogens with one attached hydrogen (secondary N) is 1. The number of phenolic OH excluding ortho intramolecular Hbond substituents is 1. The number of fused-ring (bicyclic) bond motifs is 2. The van der Waals surface area contributed by atoms with E-state index in [0.717, 1.165) is 13.1 Å². The molecule has 0 unspecified atom stereocenters. The molecule has 0 saturated carbocycles. The van der Waals surface area contributed by atoms with Crippen LogP contribution < -0.4 is 10.1 Å². The molecule has 2 aromatic carbocycles. The first kappa shape index (κ1) is 20.5. The molecule has 0 bridgehead atoms. The number of hydrogen-bond donors (Lipinski definition) is 2. The van der Waals surface area contributed by atoms with E-state index in [9.17, 15) is 19.5 Å². The molecule has 0 heterocycles. The Balaban J connectivity index is 2.03. The number of hydrogen-bond acceptors (Lipinski definition) is 6. The average Bonchev–Trinajstić information content (AvgIpc) is 2.73. The predicted molar refractivity (Wildman–Crippen MR) is 109 cm³/mol. The second-order valence-electron chi connectivity index (χ2n) is 6.75. The van der Waals surface area contributed by atoms with Gasteiger partial charge in [0.15, 0.2) is 11.6 Å². The van der Waals surface area contributed by atoms with Crippen molar-refractivity contribution in [2.24, 2.45) is 0 Å². The third-order valence-electron chi connectivity index (χ3n) is 5.17. The summed E-state index contributed by atoms with van der Waals surface area (Å²) in [6, 6.07) is 7.67. The lowest BCUT2D eigenvalue weighted by Crippen LogP contribution is -2.28. The second-order valence-corrected chi connectivity index (χ2v) is 6.75. The highest BCUT2D eigenvalue weighted by molar-refractivity contribution is 6.31. The SMILES string of the molecule is CCN(CC)CCC(=O)Nc1c(OC)cc(O)c2c1C(=O)c1ccccc1C2=O. The number of aromatic hydroxyl groups is 1. The van der Waals surface area contributed by atoms with Crippen LogP contribution in [0.2, 0.25) is 0 Å².